The van der Waals surface area contributed by atoms with Crippen LogP contribution in [0.4, 0.5) is 50.4 Å². The van der Waals surface area contributed by atoms with Crippen molar-refractivity contribution in [1.82, 2.24) is 25.4 Å². The van der Waals surface area contributed by atoms with Crippen LogP contribution in [-0.2, 0) is 39.1 Å². The minimum Gasteiger partial charge on any atom is -0.444 e. The molecule has 0 aliphatic heterocycles. The van der Waals surface area contributed by atoms with E-state index in [-0.39, 0.29) is 19.5 Å². The van der Waals surface area contributed by atoms with Crippen LogP contribution in [0.1, 0.15) is 17.1 Å². The molecule has 0 aliphatic rings. The summed E-state index contributed by atoms with van der Waals surface area (Å²) in [5.74, 6) is 0. The first-order chi connectivity index (χ1) is 18.2. The Labute approximate surface area is 241 Å². The van der Waals surface area contributed by atoms with Crippen LogP contribution < -0.4 is 5.59 Å². The zero-order chi connectivity index (χ0) is 32.6. The van der Waals surface area contributed by atoms with Gasteiger partial charge in [-0.2, -0.15) is 0 Å². The molecule has 42 heavy (non-hydrogen) atoms. The maximum atomic E-state index is 9.87. The maximum Gasteiger partial charge on any atom is 4.00 e. The summed E-state index contributed by atoms with van der Waals surface area (Å²) >= 11 is 0. The van der Waals surface area contributed by atoms with Gasteiger partial charge in [-0.3, -0.25) is 19.9 Å². The Hall–Kier alpha value is -2.95. The van der Waals surface area contributed by atoms with Gasteiger partial charge in [0.15, 0.2) is 0 Å². The maximum absolute atomic E-state index is 10.7. The topological polar surface area (TPSA) is 134 Å². The second-order valence-electron chi connectivity index (χ2n) is 7.10. The monoisotopic (exact) mass is 758 g/mol. The van der Waals surface area contributed by atoms with Crippen LogP contribution in [-0.4, -0.2) is 19.9 Å². The van der Waals surface area contributed by atoms with Gasteiger partial charge in [0.2, 0.25) is 0 Å². The summed E-state index contributed by atoms with van der Waals surface area (Å²) in [4.78, 5) is 30.8. The second-order valence-corrected chi connectivity index (χ2v) is 10.9. The van der Waals surface area contributed by atoms with E-state index in [1.54, 1.807) is 0 Å². The van der Waals surface area contributed by atoms with E-state index < -0.39 is 15.6 Å². The Kier molecular flexibility index (Phi) is 16.1. The molecule has 0 saturated heterocycles. The van der Waals surface area contributed by atoms with E-state index in [0.717, 1.165) is 42.1 Å². The summed E-state index contributed by atoms with van der Waals surface area (Å²) in [5, 5.41) is 9.00. The van der Waals surface area contributed by atoms with Crippen molar-refractivity contribution in [3.05, 3.63) is 105 Å². The fourth-order valence-corrected chi connectivity index (χ4v) is 2.33. The predicted octanol–water partition coefficient (Wildman–Crippen LogP) is 9.64. The van der Waals surface area contributed by atoms with E-state index in [2.05, 4.69) is 19.9 Å². The van der Waals surface area contributed by atoms with Crippen molar-refractivity contribution >= 4 is 15.6 Å². The van der Waals surface area contributed by atoms with Gasteiger partial charge in [0.05, 0.1) is 17.1 Å². The molecule has 24 heteroatoms. The van der Waals surface area contributed by atoms with Gasteiger partial charge in [-0.25, -0.2) is 0 Å². The Morgan fingerprint density at radius 2 is 0.786 bits per heavy atom. The number of pyridine rings is 3. The van der Waals surface area contributed by atoms with Crippen molar-refractivity contribution in [2.75, 3.05) is 0 Å². The molecule has 3 aromatic rings. The summed E-state index contributed by atoms with van der Waals surface area (Å²) in [7, 11) is -21.3. The standard InChI is InChI=1S/C18H18N4.2F6P.HNO2.NO.Ru/c1-4-10-19-16(7-1)13-22(14-17-8-2-5-11-20-17)15-18-9-3-6-12-21-18;2*1-7(2,3,4,5)6;2-1-3;1-2;/h1-12H,13-15H2;;;(H,2,3);;/q;2*-1;;;+4/p-1. The number of hydrogen-bond donors (Lipinski definition) is 0. The van der Waals surface area contributed by atoms with Crippen LogP contribution in [0, 0.1) is 15.0 Å². The van der Waals surface area contributed by atoms with Gasteiger partial charge < -0.3 is 10.1 Å². The zero-order valence-corrected chi connectivity index (χ0v) is 23.8. The van der Waals surface area contributed by atoms with Crippen molar-refractivity contribution in [2.45, 2.75) is 19.6 Å². The molecule has 3 aromatic heterocycles. The molecule has 3 rings (SSSR count). The third-order valence-corrected chi connectivity index (χ3v) is 3.34. The van der Waals surface area contributed by atoms with Crippen molar-refractivity contribution in [2.24, 2.45) is 5.34 Å². The van der Waals surface area contributed by atoms with Gasteiger partial charge >= 0.3 is 85.5 Å². The van der Waals surface area contributed by atoms with Gasteiger partial charge in [-0.1, -0.05) is 18.2 Å². The van der Waals surface area contributed by atoms with Gasteiger partial charge in [-0.05, 0) is 36.4 Å². The summed E-state index contributed by atoms with van der Waals surface area (Å²) in [6.07, 6.45) is 5.49. The number of halogens is 12. The van der Waals surface area contributed by atoms with Gasteiger partial charge in [0.1, 0.15) is 5.59 Å². The van der Waals surface area contributed by atoms with Gasteiger partial charge in [-0.15, -0.1) is 10.2 Å². The predicted molar refractivity (Wildman–Crippen MR) is 127 cm³/mol. The quantitative estimate of drug-likeness (QED) is 0.0804. The minimum atomic E-state index is -10.7. The average Bonchev–Trinajstić information content (AvgIpc) is 2.79. The third-order valence-electron chi connectivity index (χ3n) is 3.34. The van der Waals surface area contributed by atoms with Crippen LogP contribution in [0.15, 0.2) is 78.5 Å². The van der Waals surface area contributed by atoms with Gasteiger partial charge in [0, 0.05) is 38.2 Å². The Morgan fingerprint density at radius 1 is 0.595 bits per heavy atom. The molecule has 0 fully saturated rings. The minimum absolute atomic E-state index is 0. The molecule has 0 saturated carbocycles. The summed E-state index contributed by atoms with van der Waals surface area (Å²) in [6.45, 7) is 2.32. The molecule has 0 atom stereocenters. The van der Waals surface area contributed by atoms with Crippen molar-refractivity contribution in [1.29, 1.82) is 0 Å². The third kappa shape index (κ3) is 44.1. The second kappa shape index (κ2) is 15.5. The molecule has 239 valence electrons. The summed E-state index contributed by atoms with van der Waals surface area (Å²) in [6, 6.07) is 18.0. The molecule has 0 aromatic carbocycles. The summed E-state index contributed by atoms with van der Waals surface area (Å²) in [5.41, 5.74) is 8.90. The van der Waals surface area contributed by atoms with Crippen LogP contribution in [0.2, 0.25) is 0 Å². The van der Waals surface area contributed by atoms with E-state index in [1.165, 1.54) is 0 Å². The number of nitroso groups, excluding NO2 is 1. The molecule has 0 bridgehead atoms. The van der Waals surface area contributed by atoms with E-state index >= 15 is 0 Å². The molecule has 0 N–H and O–H groups in total. The van der Waals surface area contributed by atoms with Crippen LogP contribution in [0.3, 0.4) is 0 Å². The molecule has 0 aliphatic carbocycles. The molecule has 1 radical (unpaired) electrons. The molecule has 0 unspecified atom stereocenters. The van der Waals surface area contributed by atoms with E-state index in [4.69, 9.17) is 20.6 Å². The zero-order valence-electron chi connectivity index (χ0n) is 20.2. The Balaban J connectivity index is -0.000000631. The van der Waals surface area contributed by atoms with Crippen molar-refractivity contribution in [3.63, 3.8) is 0 Å². The number of rotatable bonds is 6. The molecular formula is C18H18F12N6O3P2Ru+. The van der Waals surface area contributed by atoms with Crippen LogP contribution >= 0.6 is 15.6 Å². The van der Waals surface area contributed by atoms with E-state index in [1.807, 2.05) is 73.2 Å². The van der Waals surface area contributed by atoms with Crippen molar-refractivity contribution in [3.8, 4) is 0 Å². The first-order valence-electron chi connectivity index (χ1n) is 9.90. The van der Waals surface area contributed by atoms with E-state index in [0.29, 0.717) is 0 Å². The average molecular weight is 757 g/mol. The summed E-state index contributed by atoms with van der Waals surface area (Å²) < 4.78 is 118. The number of nitrogens with zero attached hydrogens (tertiary/aromatic N) is 6. The van der Waals surface area contributed by atoms with Crippen LogP contribution in [0.5, 0.6) is 0 Å². The molecule has 0 spiro atoms. The molecule has 9 nitrogen and oxygen atoms in total. The Morgan fingerprint density at radius 3 is 0.929 bits per heavy atom. The smallest absolute Gasteiger partial charge is 0.444 e. The fraction of sp³-hybridized carbons (Fsp3) is 0.167. The molecule has 0 amide bonds. The molecule has 3 heterocycles. The van der Waals surface area contributed by atoms with Crippen molar-refractivity contribution < 1.29 is 69.8 Å². The van der Waals surface area contributed by atoms with Gasteiger partial charge in [0.25, 0.3) is 0 Å². The SMILES string of the molecule is F[P-](F)(F)(F)(F)F.F[P-](F)(F)(F)(F)F.O=N[O-].[N]=O.[Ru+4].c1ccc(CN(Cc2ccccn2)Cc2ccccn2)nc1. The Bertz CT molecular complexity index is 1020. The number of aromatic nitrogens is 3. The first-order valence-corrected chi connectivity index (χ1v) is 14.0. The first kappa shape index (κ1) is 43.5. The largest absolute Gasteiger partial charge is 4.00 e. The van der Waals surface area contributed by atoms with E-state index in [9.17, 15) is 50.4 Å². The van der Waals surface area contributed by atoms with Crippen LogP contribution in [0.25, 0.3) is 0 Å². The fourth-order valence-electron chi connectivity index (χ4n) is 2.33. The molecular weight excluding hydrogens is 739 g/mol. The number of hydrogen-bond acceptors (Lipinski definition) is 8. The normalized spacial score (nSPS) is 13.7.